The summed E-state index contributed by atoms with van der Waals surface area (Å²) in [5.41, 5.74) is 6.15. The van der Waals surface area contributed by atoms with E-state index < -0.39 is 0 Å². The minimum Gasteiger partial charge on any atom is -0.508 e. The number of benzene rings is 1. The van der Waals surface area contributed by atoms with Gasteiger partial charge in [-0.1, -0.05) is 44.6 Å². The van der Waals surface area contributed by atoms with E-state index in [1.165, 1.54) is 58.5 Å². The van der Waals surface area contributed by atoms with Crippen molar-refractivity contribution in [3.63, 3.8) is 0 Å². The van der Waals surface area contributed by atoms with Crippen LogP contribution >= 0.6 is 0 Å². The van der Waals surface area contributed by atoms with Gasteiger partial charge in [0.15, 0.2) is 5.78 Å². The summed E-state index contributed by atoms with van der Waals surface area (Å²) in [5.74, 6) is 0.327. The summed E-state index contributed by atoms with van der Waals surface area (Å²) in [6.45, 7) is 21.5. The van der Waals surface area contributed by atoms with Gasteiger partial charge < -0.3 is 10.0 Å². The van der Waals surface area contributed by atoms with E-state index in [0.717, 1.165) is 46.3 Å². The van der Waals surface area contributed by atoms with Crippen molar-refractivity contribution in [1.29, 1.82) is 0 Å². The van der Waals surface area contributed by atoms with Crippen LogP contribution in [0.25, 0.3) is 6.08 Å². The highest BCUT2D eigenvalue weighted by molar-refractivity contribution is 5.97. The van der Waals surface area contributed by atoms with E-state index in [4.69, 9.17) is 0 Å². The first-order valence-electron chi connectivity index (χ1n) is 14.8. The van der Waals surface area contributed by atoms with Gasteiger partial charge in [-0.15, -0.1) is 0 Å². The molecule has 1 aliphatic heterocycles. The maximum atomic E-state index is 11.1. The third-order valence-corrected chi connectivity index (χ3v) is 7.04. The Morgan fingerprint density at radius 2 is 1.68 bits per heavy atom. The van der Waals surface area contributed by atoms with Gasteiger partial charge in [-0.2, -0.15) is 0 Å². The maximum Gasteiger partial charge on any atom is 0.155 e. The van der Waals surface area contributed by atoms with Crippen molar-refractivity contribution < 1.29 is 9.90 Å². The number of phenols is 1. The number of likely N-dealkylation sites (tertiary alicyclic amines) is 1. The Balaban J connectivity index is 0.000000305. The molecule has 0 radical (unpaired) electrons. The van der Waals surface area contributed by atoms with Crippen molar-refractivity contribution in [3.05, 3.63) is 70.6 Å². The normalized spacial score (nSPS) is 16.8. The molecule has 3 rings (SSSR count). The van der Waals surface area contributed by atoms with Crippen LogP contribution in [0.4, 0.5) is 0 Å². The predicted molar refractivity (Wildman–Crippen MR) is 175 cm³/mol. The van der Waals surface area contributed by atoms with Crippen molar-refractivity contribution in [2.45, 2.75) is 106 Å². The lowest BCUT2D eigenvalue weighted by Crippen LogP contribution is -2.29. The molecule has 2 fully saturated rings. The second-order valence-corrected chi connectivity index (χ2v) is 10.8. The Bertz CT molecular complexity index is 1090. The maximum absolute atomic E-state index is 11.1. The molecule has 1 aromatic rings. The van der Waals surface area contributed by atoms with Crippen LogP contribution in [0.1, 0.15) is 103 Å². The summed E-state index contributed by atoms with van der Waals surface area (Å²) in [6, 6.07) is 4.67. The zero-order chi connectivity index (χ0) is 30.1. The Labute approximate surface area is 244 Å². The Hall–Kier alpha value is -3.05. The summed E-state index contributed by atoms with van der Waals surface area (Å²) in [4.78, 5) is 22.6. The van der Waals surface area contributed by atoms with Gasteiger partial charge in [0.1, 0.15) is 5.75 Å². The van der Waals surface area contributed by atoms with Crippen LogP contribution in [0.2, 0.25) is 0 Å². The second kappa shape index (κ2) is 19.1. The van der Waals surface area contributed by atoms with Crippen molar-refractivity contribution in [2.75, 3.05) is 13.1 Å². The third-order valence-electron chi connectivity index (χ3n) is 7.04. The number of ketones is 1. The van der Waals surface area contributed by atoms with Gasteiger partial charge in [0.05, 0.1) is 11.4 Å². The number of hydrogen-bond acceptors (Lipinski definition) is 5. The minimum atomic E-state index is 0.0513. The third kappa shape index (κ3) is 12.9. The molecule has 0 spiro atoms. The smallest absolute Gasteiger partial charge is 0.155 e. The lowest BCUT2D eigenvalue weighted by Gasteiger charge is -2.22. The zero-order valence-corrected chi connectivity index (χ0v) is 26.4. The van der Waals surface area contributed by atoms with E-state index in [2.05, 4.69) is 28.4 Å². The molecule has 0 unspecified atom stereocenters. The molecule has 5 nitrogen and oxygen atoms in total. The number of Topliss-reactive ketones (excluding diaryl/α,β-unsaturated/α-hetero) is 1. The molecule has 2 aliphatic rings. The molecule has 1 saturated heterocycles. The van der Waals surface area contributed by atoms with Crippen LogP contribution in [-0.2, 0) is 4.79 Å². The molecule has 1 aromatic carbocycles. The number of rotatable bonds is 8. The van der Waals surface area contributed by atoms with E-state index in [1.807, 2.05) is 65.1 Å². The number of aliphatic imine (C=N–C) groups is 2. The van der Waals surface area contributed by atoms with Crippen LogP contribution in [0.3, 0.4) is 0 Å². The second-order valence-electron chi connectivity index (χ2n) is 10.8. The molecule has 1 N–H and O–H groups in total. The van der Waals surface area contributed by atoms with Gasteiger partial charge in [0.25, 0.3) is 0 Å². The average Bonchev–Trinajstić information content (AvgIpc) is 3.62. The fourth-order valence-corrected chi connectivity index (χ4v) is 4.74. The summed E-state index contributed by atoms with van der Waals surface area (Å²) in [6.07, 6.45) is 19.0. The van der Waals surface area contributed by atoms with Gasteiger partial charge in [0, 0.05) is 18.0 Å². The molecule has 1 saturated carbocycles. The van der Waals surface area contributed by atoms with Crippen LogP contribution in [0.5, 0.6) is 5.75 Å². The first-order chi connectivity index (χ1) is 19.0. The number of aryl methyl sites for hydroxylation is 1. The number of carbonyl (C=O) groups is 1. The lowest BCUT2D eigenvalue weighted by molar-refractivity contribution is -0.113. The van der Waals surface area contributed by atoms with Crippen LogP contribution < -0.4 is 0 Å². The highest BCUT2D eigenvalue weighted by atomic mass is 16.3. The number of nitrogens with zero attached hydrogens (tertiary/aromatic N) is 3. The first-order valence-corrected chi connectivity index (χ1v) is 14.8. The highest BCUT2D eigenvalue weighted by Gasteiger charge is 2.24. The predicted octanol–water partition coefficient (Wildman–Crippen LogP) is 8.95. The van der Waals surface area contributed by atoms with Crippen LogP contribution in [0, 0.1) is 13.8 Å². The fraction of sp³-hybridized carbons (Fsp3) is 0.514. The number of allylic oxidation sites excluding steroid dienone is 4. The van der Waals surface area contributed by atoms with Gasteiger partial charge >= 0.3 is 0 Å². The van der Waals surface area contributed by atoms with Crippen molar-refractivity contribution in [1.82, 2.24) is 4.90 Å². The summed E-state index contributed by atoms with van der Waals surface area (Å²) in [5, 5.41) is 9.62. The Morgan fingerprint density at radius 1 is 1.05 bits per heavy atom. The molecule has 0 atom stereocenters. The van der Waals surface area contributed by atoms with Crippen LogP contribution in [-0.4, -0.2) is 46.8 Å². The van der Waals surface area contributed by atoms with E-state index >= 15 is 0 Å². The average molecular weight is 548 g/mol. The van der Waals surface area contributed by atoms with Crippen LogP contribution in [0.15, 0.2) is 63.9 Å². The SMILES string of the molecule is C1CCC(N2CCCC2)C1.C=C/C=C(N=C(C)C)/C(=C/C)N=CCC.CC(=O)/C(C)=C/c1cc(C)cc(O)c1C. The molecule has 1 aliphatic carbocycles. The van der Waals surface area contributed by atoms with Gasteiger partial charge in [-0.05, 0) is 134 Å². The van der Waals surface area contributed by atoms with Gasteiger partial charge in [-0.25, -0.2) is 0 Å². The van der Waals surface area contributed by atoms with Crippen molar-refractivity contribution >= 4 is 23.8 Å². The molecule has 220 valence electrons. The number of phenolic OH excluding ortho intramolecular Hbond substituents is 1. The first kappa shape index (κ1) is 35.0. The van der Waals surface area contributed by atoms with E-state index in [0.29, 0.717) is 5.57 Å². The monoisotopic (exact) mass is 547 g/mol. The fourth-order valence-electron chi connectivity index (χ4n) is 4.74. The number of carbonyl (C=O) groups excluding carboxylic acids is 1. The van der Waals surface area contributed by atoms with Gasteiger partial charge in [-0.3, -0.25) is 14.8 Å². The number of aromatic hydroxyl groups is 1. The molecule has 0 aromatic heterocycles. The molecular formula is C35H53N3O2. The standard InChI is InChI=1S/C13H20N2.C13H16O2.C9H17N/c1-6-9-13(15-11(4)5)12(8-3)14-10-7-2;1-8-5-12(7-9(2)11(4)14)10(3)13(15)6-8;1-2-6-9(5-1)10-7-3-4-8-10/h6,8-10H,1,7H2,2-5H3;5-7,15H,1-4H3;9H,1-8H2/b12-8-,13-9-,14-10?;9-7+;. The zero-order valence-electron chi connectivity index (χ0n) is 26.4. The van der Waals surface area contributed by atoms with Gasteiger partial charge in [0.2, 0.25) is 0 Å². The van der Waals surface area contributed by atoms with Crippen molar-refractivity contribution in [3.8, 4) is 5.75 Å². The molecule has 0 bridgehead atoms. The summed E-state index contributed by atoms with van der Waals surface area (Å²) in [7, 11) is 0. The van der Waals surface area contributed by atoms with E-state index in [-0.39, 0.29) is 11.5 Å². The molecule has 0 amide bonds. The summed E-state index contributed by atoms with van der Waals surface area (Å²) >= 11 is 0. The molecule has 40 heavy (non-hydrogen) atoms. The van der Waals surface area contributed by atoms with E-state index in [9.17, 15) is 9.90 Å². The summed E-state index contributed by atoms with van der Waals surface area (Å²) < 4.78 is 0. The highest BCUT2D eigenvalue weighted by Crippen LogP contribution is 2.26. The molecule has 1 heterocycles. The largest absolute Gasteiger partial charge is 0.508 e. The van der Waals surface area contributed by atoms with E-state index in [1.54, 1.807) is 19.1 Å². The minimum absolute atomic E-state index is 0.0513. The van der Waals surface area contributed by atoms with Crippen molar-refractivity contribution in [2.24, 2.45) is 9.98 Å². The Kier molecular flexibility index (Phi) is 16.7. The quantitative estimate of drug-likeness (QED) is 0.201. The Morgan fingerprint density at radius 3 is 2.17 bits per heavy atom. The number of hydrogen-bond donors (Lipinski definition) is 1. The lowest BCUT2D eigenvalue weighted by atomic mass is 10.0. The molecule has 5 heteroatoms. The molecular weight excluding hydrogens is 494 g/mol. The topological polar surface area (TPSA) is 65.3 Å².